The van der Waals surface area contributed by atoms with Crippen molar-refractivity contribution in [1.82, 2.24) is 15.1 Å². The van der Waals surface area contributed by atoms with E-state index in [1.807, 2.05) is 43.0 Å². The van der Waals surface area contributed by atoms with Gasteiger partial charge in [0, 0.05) is 31.0 Å². The van der Waals surface area contributed by atoms with Crippen LogP contribution in [0.1, 0.15) is 43.6 Å². The van der Waals surface area contributed by atoms with Crippen LogP contribution in [0, 0.1) is 6.92 Å². The van der Waals surface area contributed by atoms with Gasteiger partial charge in [0.15, 0.2) is 0 Å². The summed E-state index contributed by atoms with van der Waals surface area (Å²) in [5.74, 6) is 1.75. The predicted molar refractivity (Wildman–Crippen MR) is 83.3 cm³/mol. The Morgan fingerprint density at radius 2 is 1.91 bits per heavy atom. The van der Waals surface area contributed by atoms with Gasteiger partial charge in [0.25, 0.3) is 0 Å². The molecule has 1 saturated heterocycles. The fraction of sp³-hybridized carbons (Fsp3) is 0.471. The molecular formula is C17H21N3O2. The summed E-state index contributed by atoms with van der Waals surface area (Å²) in [6.45, 7) is 5.51. The highest BCUT2D eigenvalue weighted by Crippen LogP contribution is 2.29. The van der Waals surface area contributed by atoms with Gasteiger partial charge in [-0.3, -0.25) is 4.79 Å². The van der Waals surface area contributed by atoms with Gasteiger partial charge in [-0.1, -0.05) is 24.6 Å². The average molecular weight is 299 g/mol. The van der Waals surface area contributed by atoms with Crippen LogP contribution in [0.2, 0.25) is 0 Å². The van der Waals surface area contributed by atoms with E-state index in [0.717, 1.165) is 31.5 Å². The number of piperidine rings is 1. The van der Waals surface area contributed by atoms with Gasteiger partial charge in [-0.05, 0) is 31.9 Å². The van der Waals surface area contributed by atoms with Crippen molar-refractivity contribution in [3.05, 3.63) is 35.7 Å². The van der Waals surface area contributed by atoms with E-state index in [4.69, 9.17) is 4.42 Å². The molecule has 0 radical (unpaired) electrons. The van der Waals surface area contributed by atoms with Gasteiger partial charge >= 0.3 is 0 Å². The van der Waals surface area contributed by atoms with Gasteiger partial charge in [-0.15, -0.1) is 10.2 Å². The van der Waals surface area contributed by atoms with E-state index in [1.165, 1.54) is 5.56 Å². The first-order valence-electron chi connectivity index (χ1n) is 7.85. The predicted octanol–water partition coefficient (Wildman–Crippen LogP) is 3.16. The normalized spacial score (nSPS) is 16.0. The molecule has 0 atom stereocenters. The van der Waals surface area contributed by atoms with Crippen molar-refractivity contribution in [2.45, 2.75) is 39.0 Å². The monoisotopic (exact) mass is 299 g/mol. The van der Waals surface area contributed by atoms with Crippen LogP contribution in [-0.2, 0) is 4.79 Å². The van der Waals surface area contributed by atoms with Crippen molar-refractivity contribution >= 4 is 5.91 Å². The van der Waals surface area contributed by atoms with Crippen molar-refractivity contribution in [1.29, 1.82) is 0 Å². The molecule has 0 aliphatic carbocycles. The van der Waals surface area contributed by atoms with Crippen molar-refractivity contribution in [2.24, 2.45) is 0 Å². The molecule has 0 spiro atoms. The third-order valence-electron chi connectivity index (χ3n) is 4.24. The third kappa shape index (κ3) is 3.03. The molecule has 0 N–H and O–H groups in total. The molecular weight excluding hydrogens is 278 g/mol. The molecule has 1 aromatic heterocycles. The number of benzene rings is 1. The minimum Gasteiger partial charge on any atom is -0.420 e. The summed E-state index contributed by atoms with van der Waals surface area (Å²) < 4.78 is 5.85. The van der Waals surface area contributed by atoms with Crippen LogP contribution in [0.3, 0.4) is 0 Å². The Morgan fingerprint density at radius 3 is 2.55 bits per heavy atom. The number of carbonyl (C=O) groups is 1. The zero-order valence-electron chi connectivity index (χ0n) is 13.1. The topological polar surface area (TPSA) is 59.2 Å². The highest BCUT2D eigenvalue weighted by molar-refractivity contribution is 5.75. The van der Waals surface area contributed by atoms with E-state index in [9.17, 15) is 4.79 Å². The molecule has 5 heteroatoms. The molecule has 1 aliphatic rings. The SMILES string of the molecule is CCC(=O)N1CCC(c2nnc(-c3ccc(C)cc3)o2)CC1. The second-order valence-corrected chi connectivity index (χ2v) is 5.82. The maximum absolute atomic E-state index is 11.7. The number of rotatable bonds is 3. The molecule has 116 valence electrons. The third-order valence-corrected chi connectivity index (χ3v) is 4.24. The maximum Gasteiger partial charge on any atom is 0.247 e. The Labute approximate surface area is 130 Å². The lowest BCUT2D eigenvalue weighted by Gasteiger charge is -2.30. The largest absolute Gasteiger partial charge is 0.420 e. The van der Waals surface area contributed by atoms with Crippen LogP contribution < -0.4 is 0 Å². The highest BCUT2D eigenvalue weighted by Gasteiger charge is 2.26. The Hall–Kier alpha value is -2.17. The van der Waals surface area contributed by atoms with E-state index in [0.29, 0.717) is 18.2 Å². The molecule has 2 heterocycles. The lowest BCUT2D eigenvalue weighted by atomic mass is 9.96. The van der Waals surface area contributed by atoms with E-state index >= 15 is 0 Å². The molecule has 1 fully saturated rings. The molecule has 1 aromatic carbocycles. The smallest absolute Gasteiger partial charge is 0.247 e. The van der Waals surface area contributed by atoms with E-state index < -0.39 is 0 Å². The first-order valence-corrected chi connectivity index (χ1v) is 7.85. The molecule has 5 nitrogen and oxygen atoms in total. The van der Waals surface area contributed by atoms with Crippen LogP contribution in [-0.4, -0.2) is 34.1 Å². The van der Waals surface area contributed by atoms with E-state index in [1.54, 1.807) is 0 Å². The summed E-state index contributed by atoms with van der Waals surface area (Å²) in [5.41, 5.74) is 2.15. The number of hydrogen-bond donors (Lipinski definition) is 0. The van der Waals surface area contributed by atoms with Crippen LogP contribution in [0.15, 0.2) is 28.7 Å². The van der Waals surface area contributed by atoms with Gasteiger partial charge in [0.05, 0.1) is 0 Å². The van der Waals surface area contributed by atoms with Gasteiger partial charge in [0.2, 0.25) is 17.7 Å². The Morgan fingerprint density at radius 1 is 1.23 bits per heavy atom. The summed E-state index contributed by atoms with van der Waals surface area (Å²) in [6, 6.07) is 8.06. The zero-order chi connectivity index (χ0) is 15.5. The fourth-order valence-corrected chi connectivity index (χ4v) is 2.81. The van der Waals surface area contributed by atoms with Gasteiger partial charge in [-0.25, -0.2) is 0 Å². The van der Waals surface area contributed by atoms with Crippen molar-refractivity contribution in [3.8, 4) is 11.5 Å². The number of carbonyl (C=O) groups excluding carboxylic acids is 1. The quantitative estimate of drug-likeness (QED) is 0.873. The fourth-order valence-electron chi connectivity index (χ4n) is 2.81. The van der Waals surface area contributed by atoms with Crippen LogP contribution in [0.5, 0.6) is 0 Å². The minimum atomic E-state index is 0.226. The molecule has 22 heavy (non-hydrogen) atoms. The van der Waals surface area contributed by atoms with Gasteiger partial charge < -0.3 is 9.32 Å². The van der Waals surface area contributed by atoms with Gasteiger partial charge in [-0.2, -0.15) is 0 Å². The number of aryl methyl sites for hydroxylation is 1. The van der Waals surface area contributed by atoms with E-state index in [-0.39, 0.29) is 11.8 Å². The lowest BCUT2D eigenvalue weighted by molar-refractivity contribution is -0.131. The second kappa shape index (κ2) is 6.30. The van der Waals surface area contributed by atoms with Crippen LogP contribution in [0.25, 0.3) is 11.5 Å². The molecule has 2 aromatic rings. The first kappa shape index (κ1) is 14.8. The molecule has 3 rings (SSSR count). The Kier molecular flexibility index (Phi) is 4.22. The standard InChI is InChI=1S/C17H21N3O2/c1-3-15(21)20-10-8-14(9-11-20)17-19-18-16(22-17)13-6-4-12(2)5-7-13/h4-7,14H,3,8-11H2,1-2H3. The zero-order valence-corrected chi connectivity index (χ0v) is 13.1. The number of nitrogens with zero attached hydrogens (tertiary/aromatic N) is 3. The number of likely N-dealkylation sites (tertiary alicyclic amines) is 1. The Bertz CT molecular complexity index is 640. The summed E-state index contributed by atoms with van der Waals surface area (Å²) in [5, 5.41) is 8.37. The maximum atomic E-state index is 11.7. The number of hydrogen-bond acceptors (Lipinski definition) is 4. The van der Waals surface area contributed by atoms with Crippen molar-refractivity contribution in [3.63, 3.8) is 0 Å². The first-order chi connectivity index (χ1) is 10.7. The molecule has 0 bridgehead atoms. The summed E-state index contributed by atoms with van der Waals surface area (Å²) in [4.78, 5) is 13.6. The molecule has 0 saturated carbocycles. The highest BCUT2D eigenvalue weighted by atomic mass is 16.4. The molecule has 0 unspecified atom stereocenters. The second-order valence-electron chi connectivity index (χ2n) is 5.82. The summed E-state index contributed by atoms with van der Waals surface area (Å²) in [6.07, 6.45) is 2.35. The minimum absolute atomic E-state index is 0.226. The number of aromatic nitrogens is 2. The van der Waals surface area contributed by atoms with Gasteiger partial charge in [0.1, 0.15) is 0 Å². The number of amides is 1. The molecule has 1 aliphatic heterocycles. The lowest BCUT2D eigenvalue weighted by Crippen LogP contribution is -2.37. The van der Waals surface area contributed by atoms with Crippen LogP contribution >= 0.6 is 0 Å². The van der Waals surface area contributed by atoms with E-state index in [2.05, 4.69) is 10.2 Å². The average Bonchev–Trinajstić information content (AvgIpc) is 3.05. The van der Waals surface area contributed by atoms with Crippen molar-refractivity contribution < 1.29 is 9.21 Å². The molecule has 1 amide bonds. The summed E-state index contributed by atoms with van der Waals surface area (Å²) >= 11 is 0. The summed E-state index contributed by atoms with van der Waals surface area (Å²) in [7, 11) is 0. The van der Waals surface area contributed by atoms with Crippen LogP contribution in [0.4, 0.5) is 0 Å². The Balaban J connectivity index is 1.67. The van der Waals surface area contributed by atoms with Crippen molar-refractivity contribution in [2.75, 3.05) is 13.1 Å².